The molecular weight excluding hydrogens is 496 g/mol. The van der Waals surface area contributed by atoms with Gasteiger partial charge in [-0.15, -0.1) is 12.6 Å². The van der Waals surface area contributed by atoms with Crippen LogP contribution in [0.3, 0.4) is 0 Å². The summed E-state index contributed by atoms with van der Waals surface area (Å²) in [5.41, 5.74) is 11.5. The van der Waals surface area contributed by atoms with E-state index in [9.17, 15) is 24.3 Å². The Kier molecular flexibility index (Phi) is 9.79. The van der Waals surface area contributed by atoms with Gasteiger partial charge in [-0.2, -0.15) is 0 Å². The molecule has 7 N–H and O–H groups in total. The fraction of sp³-hybridized carbons (Fsp3) is 0.760. The molecular formula is C25H42N6O5S. The number of hydrogen-bond donors (Lipinski definition) is 6. The highest BCUT2D eigenvalue weighted by atomic mass is 32.1. The molecule has 0 aromatic heterocycles. The number of carboxylic acids is 1. The minimum atomic E-state index is -1.13. The number of aliphatic carboxylic acids is 1. The molecule has 5 rings (SSSR count). The molecule has 0 unspecified atom stereocenters. The summed E-state index contributed by atoms with van der Waals surface area (Å²) in [5.74, 6) is -1.44. The predicted octanol–water partition coefficient (Wildman–Crippen LogP) is -0.338. The number of nitrogens with one attached hydrogen (secondary N) is 2. The number of nitrogens with zero attached hydrogens (tertiary/aromatic N) is 2. The van der Waals surface area contributed by atoms with Gasteiger partial charge in [0.2, 0.25) is 11.8 Å². The number of hydrogen-bond acceptors (Lipinski definition) is 9. The molecule has 12 heteroatoms. The zero-order valence-electron chi connectivity index (χ0n) is 20.7. The van der Waals surface area contributed by atoms with Crippen LogP contribution in [0.2, 0.25) is 0 Å². The van der Waals surface area contributed by atoms with Crippen molar-refractivity contribution in [2.45, 2.75) is 83.1 Å². The number of β-lactam (4-membered cyclic amide) rings is 1. The Morgan fingerprint density at radius 1 is 1.16 bits per heavy atom. The van der Waals surface area contributed by atoms with Crippen molar-refractivity contribution in [3.8, 4) is 0 Å². The lowest BCUT2D eigenvalue weighted by Gasteiger charge is -2.46. The van der Waals surface area contributed by atoms with Gasteiger partial charge in [0, 0.05) is 49.5 Å². The van der Waals surface area contributed by atoms with Crippen LogP contribution in [0.25, 0.3) is 0 Å². The first-order valence-corrected chi connectivity index (χ1v) is 13.3. The van der Waals surface area contributed by atoms with E-state index in [4.69, 9.17) is 11.5 Å². The monoisotopic (exact) mass is 538 g/mol. The molecule has 0 aromatic carbocycles. The predicted molar refractivity (Wildman–Crippen MR) is 142 cm³/mol. The smallest absolute Gasteiger partial charge is 0.353 e. The van der Waals surface area contributed by atoms with E-state index in [0.29, 0.717) is 30.7 Å². The maximum absolute atomic E-state index is 12.3. The molecule has 11 nitrogen and oxygen atoms in total. The molecule has 7 atom stereocenters. The first-order chi connectivity index (χ1) is 17.1. The normalized spacial score (nSPS) is 33.4. The van der Waals surface area contributed by atoms with E-state index in [1.165, 1.54) is 4.90 Å². The van der Waals surface area contributed by atoms with Gasteiger partial charge in [0.15, 0.2) is 0 Å². The number of likely N-dealkylation sites (tertiary alicyclic amines) is 1. The number of carboxylic acid groups (broad SMARTS) is 1. The van der Waals surface area contributed by atoms with Crippen molar-refractivity contribution >= 4 is 36.2 Å². The maximum atomic E-state index is 12.3. The topological polar surface area (TPSA) is 171 Å². The van der Waals surface area contributed by atoms with Crippen LogP contribution in [0.1, 0.15) is 52.9 Å². The molecule has 5 aliphatic heterocycles. The Bertz CT molecular complexity index is 939. The van der Waals surface area contributed by atoms with Gasteiger partial charge < -0.3 is 37.0 Å². The Morgan fingerprint density at radius 2 is 1.89 bits per heavy atom. The molecule has 0 radical (unpaired) electrons. The highest BCUT2D eigenvalue weighted by Gasteiger charge is 2.56. The molecule has 0 aliphatic carbocycles. The fourth-order valence-electron chi connectivity index (χ4n) is 6.04. The highest BCUT2D eigenvalue weighted by molar-refractivity contribution is 7.84. The minimum Gasteiger partial charge on any atom is -0.477 e. The lowest BCUT2D eigenvalue weighted by atomic mass is 9.75. The van der Waals surface area contributed by atoms with Crippen molar-refractivity contribution in [1.29, 1.82) is 0 Å². The summed E-state index contributed by atoms with van der Waals surface area (Å²) in [6.45, 7) is 5.09. The van der Waals surface area contributed by atoms with Crippen molar-refractivity contribution in [2.24, 2.45) is 23.3 Å². The summed E-state index contributed by atoms with van der Waals surface area (Å²) in [7, 11) is 0. The number of carbonyl (C=O) groups excluding carboxylic acids is 3. The Balaban J connectivity index is 0.000000231. The molecule has 5 heterocycles. The Morgan fingerprint density at radius 3 is 2.43 bits per heavy atom. The number of thiol groups is 1. The molecule has 0 aromatic rings. The number of rotatable bonds is 6. The van der Waals surface area contributed by atoms with Gasteiger partial charge in [0.1, 0.15) is 11.5 Å². The van der Waals surface area contributed by atoms with Crippen LogP contribution in [0.5, 0.6) is 0 Å². The number of ketones is 1. The van der Waals surface area contributed by atoms with Crippen LogP contribution in [-0.2, 0) is 19.2 Å². The van der Waals surface area contributed by atoms with E-state index < -0.39 is 5.97 Å². The molecule has 4 saturated heterocycles. The van der Waals surface area contributed by atoms with E-state index in [2.05, 4.69) is 23.3 Å². The molecule has 5 aliphatic rings. The molecule has 0 saturated carbocycles. The largest absolute Gasteiger partial charge is 0.477 e. The van der Waals surface area contributed by atoms with Crippen molar-refractivity contribution in [3.05, 3.63) is 10.6 Å². The first-order valence-electron chi connectivity index (χ1n) is 12.9. The van der Waals surface area contributed by atoms with E-state index in [-0.39, 0.29) is 72.8 Å². The second kappa shape index (κ2) is 12.2. The van der Waals surface area contributed by atoms with Crippen LogP contribution in [0.4, 0.5) is 0 Å². The van der Waals surface area contributed by atoms with Gasteiger partial charge >= 0.3 is 5.97 Å². The molecule has 2 amide bonds. The SMILES string of the molecule is C.C[C@@H](CC(=O)[C@@H]1C[C@H](N)CN1)[C@H]1C(=O)N2C(C(=O)O)=C(S)C[C@@H]12.N[C@H]1CCN(C(=O)[C@@H]2CCCN2)C1. The van der Waals surface area contributed by atoms with Crippen molar-refractivity contribution in [2.75, 3.05) is 26.2 Å². The van der Waals surface area contributed by atoms with Crippen LogP contribution >= 0.6 is 12.6 Å². The van der Waals surface area contributed by atoms with Crippen LogP contribution in [0.15, 0.2) is 10.6 Å². The second-order valence-electron chi connectivity index (χ2n) is 10.7. The van der Waals surface area contributed by atoms with Crippen molar-refractivity contribution < 1.29 is 24.3 Å². The first kappa shape index (κ1) is 29.6. The van der Waals surface area contributed by atoms with Gasteiger partial charge in [-0.1, -0.05) is 14.4 Å². The van der Waals surface area contributed by atoms with E-state index in [1.807, 2.05) is 11.8 Å². The standard InChI is InChI=1S/C15H21N3O4S.C9H17N3O.CH4/c1-6(2-10(19)8-3-7(16)5-17-8)12-9-4-11(23)13(15(21)22)18(9)14(12)20;10-7-3-5-12(6-7)9(13)8-2-1-4-11-8;/h6-9,12,17,23H,2-5,16H2,1H3,(H,21,22);7-8,11H,1-6,10H2;1H4/t6-,7-,8-,9-,12+;7-,8-;/m00./s1. The number of fused-ring (bicyclic) bond motifs is 1. The fourth-order valence-corrected chi connectivity index (χ4v) is 6.43. The zero-order chi connectivity index (χ0) is 26.1. The van der Waals surface area contributed by atoms with Gasteiger partial charge in [-0.3, -0.25) is 14.4 Å². The number of carbonyl (C=O) groups is 4. The third kappa shape index (κ3) is 6.19. The molecule has 208 valence electrons. The van der Waals surface area contributed by atoms with Gasteiger partial charge in [-0.05, 0) is 38.1 Å². The minimum absolute atomic E-state index is 0. The van der Waals surface area contributed by atoms with Gasteiger partial charge in [-0.25, -0.2) is 4.79 Å². The van der Waals surface area contributed by atoms with E-state index in [0.717, 1.165) is 38.9 Å². The van der Waals surface area contributed by atoms with E-state index >= 15 is 0 Å². The second-order valence-corrected chi connectivity index (χ2v) is 11.2. The summed E-state index contributed by atoms with van der Waals surface area (Å²) in [4.78, 5) is 51.3. The summed E-state index contributed by atoms with van der Waals surface area (Å²) in [6.07, 6.45) is 4.45. The summed E-state index contributed by atoms with van der Waals surface area (Å²) >= 11 is 4.20. The number of amides is 2. The summed E-state index contributed by atoms with van der Waals surface area (Å²) < 4.78 is 0. The highest BCUT2D eigenvalue weighted by Crippen LogP contribution is 2.46. The zero-order valence-corrected chi connectivity index (χ0v) is 21.6. The van der Waals surface area contributed by atoms with Crippen LogP contribution < -0.4 is 22.1 Å². The molecule has 4 fully saturated rings. The lowest BCUT2D eigenvalue weighted by Crippen LogP contribution is -2.60. The third-order valence-electron chi connectivity index (χ3n) is 7.97. The molecule has 37 heavy (non-hydrogen) atoms. The van der Waals surface area contributed by atoms with E-state index in [1.54, 1.807) is 0 Å². The summed E-state index contributed by atoms with van der Waals surface area (Å²) in [5, 5.41) is 15.5. The quantitative estimate of drug-likeness (QED) is 0.196. The van der Waals surface area contributed by atoms with Crippen LogP contribution in [-0.4, -0.2) is 94.9 Å². The number of Topliss-reactive ketones (excluding diaryl/α,β-unsaturated/α-hetero) is 1. The number of nitrogens with two attached hydrogens (primary N) is 2. The van der Waals surface area contributed by atoms with Crippen molar-refractivity contribution in [3.63, 3.8) is 0 Å². The Labute approximate surface area is 224 Å². The van der Waals surface area contributed by atoms with Gasteiger partial charge in [0.25, 0.3) is 0 Å². The average Bonchev–Trinajstić information content (AvgIpc) is 3.61. The summed E-state index contributed by atoms with van der Waals surface area (Å²) in [6, 6.07) is -0.127. The Hall–Kier alpha value is -1.99. The molecule has 0 bridgehead atoms. The average molecular weight is 539 g/mol. The molecule has 0 spiro atoms. The lowest BCUT2D eigenvalue weighted by molar-refractivity contribution is -0.158. The maximum Gasteiger partial charge on any atom is 0.353 e. The van der Waals surface area contributed by atoms with Crippen molar-refractivity contribution in [1.82, 2.24) is 20.4 Å². The van der Waals surface area contributed by atoms with Gasteiger partial charge in [0.05, 0.1) is 24.0 Å². The van der Waals surface area contributed by atoms with Crippen LogP contribution in [0, 0.1) is 11.8 Å². The third-order valence-corrected chi connectivity index (χ3v) is 8.37.